The Morgan fingerprint density at radius 3 is 2.64 bits per heavy atom. The minimum absolute atomic E-state index is 0.0736. The number of carbonyl (C=O) groups is 1. The van der Waals surface area contributed by atoms with Gasteiger partial charge in [0.25, 0.3) is 0 Å². The van der Waals surface area contributed by atoms with Crippen LogP contribution >= 0.6 is 0 Å². The molecule has 0 saturated carbocycles. The molecule has 0 amide bonds. The fraction of sp³-hybridized carbons (Fsp3) is 0.417. The molecule has 0 radical (unpaired) electrons. The van der Waals surface area contributed by atoms with Gasteiger partial charge in [0.2, 0.25) is 0 Å². The molecule has 1 aromatic rings. The maximum Gasteiger partial charge on any atom is 0.169 e. The molecule has 0 atom stereocenters. The van der Waals surface area contributed by atoms with E-state index in [4.69, 9.17) is 0 Å². The van der Waals surface area contributed by atoms with Crippen LogP contribution in [0.2, 0.25) is 0 Å². The number of halogens is 1. The predicted molar refractivity (Wildman–Crippen MR) is 53.0 cm³/mol. The van der Waals surface area contributed by atoms with Crippen molar-refractivity contribution >= 4 is 5.78 Å². The van der Waals surface area contributed by atoms with Crippen LogP contribution < -0.4 is 0 Å². The van der Waals surface area contributed by atoms with Gasteiger partial charge in [-0.1, -0.05) is 19.9 Å². The second-order valence-electron chi connectivity index (χ2n) is 4.60. The summed E-state index contributed by atoms with van der Waals surface area (Å²) in [6.07, 6.45) is 0.724. The Hall–Kier alpha value is -1.18. The zero-order valence-electron chi connectivity index (χ0n) is 8.65. The Bertz CT molecular complexity index is 419. The first kappa shape index (κ1) is 9.38. The first-order valence-electron chi connectivity index (χ1n) is 4.76. The van der Waals surface area contributed by atoms with Gasteiger partial charge >= 0.3 is 0 Å². The van der Waals surface area contributed by atoms with E-state index in [0.29, 0.717) is 11.1 Å². The Morgan fingerprint density at radius 1 is 1.36 bits per heavy atom. The lowest BCUT2D eigenvalue weighted by atomic mass is 9.88. The molecule has 0 aromatic heterocycles. The van der Waals surface area contributed by atoms with Crippen molar-refractivity contribution in [3.05, 3.63) is 34.6 Å². The Morgan fingerprint density at radius 2 is 2.00 bits per heavy atom. The molecular formula is C12H13FO. The summed E-state index contributed by atoms with van der Waals surface area (Å²) in [5.41, 5.74) is 1.73. The van der Waals surface area contributed by atoms with Gasteiger partial charge < -0.3 is 0 Å². The van der Waals surface area contributed by atoms with Gasteiger partial charge in [0.1, 0.15) is 5.82 Å². The van der Waals surface area contributed by atoms with E-state index >= 15 is 0 Å². The topological polar surface area (TPSA) is 17.1 Å². The van der Waals surface area contributed by atoms with Gasteiger partial charge in [0.05, 0.1) is 0 Å². The minimum Gasteiger partial charge on any atom is -0.294 e. The fourth-order valence-electron chi connectivity index (χ4n) is 2.10. The molecule has 0 bridgehead atoms. The quantitative estimate of drug-likeness (QED) is 0.617. The highest BCUT2D eigenvalue weighted by Gasteiger charge is 2.38. The van der Waals surface area contributed by atoms with Crippen LogP contribution in [0.25, 0.3) is 0 Å². The highest BCUT2D eigenvalue weighted by molar-refractivity contribution is 6.05. The molecule has 0 heterocycles. The van der Waals surface area contributed by atoms with Crippen molar-refractivity contribution in [1.29, 1.82) is 0 Å². The molecule has 1 aliphatic carbocycles. The summed E-state index contributed by atoms with van der Waals surface area (Å²) < 4.78 is 13.2. The standard InChI is InChI=1S/C12H13FO/c1-7-9(13)5-4-8-6-12(2,3)11(14)10(7)8/h4-5H,6H2,1-3H3. The van der Waals surface area contributed by atoms with Gasteiger partial charge in [-0.25, -0.2) is 4.39 Å². The molecule has 1 aromatic carbocycles. The van der Waals surface area contributed by atoms with Gasteiger partial charge in [-0.3, -0.25) is 4.79 Å². The lowest BCUT2D eigenvalue weighted by Crippen LogP contribution is -2.19. The number of rotatable bonds is 0. The van der Waals surface area contributed by atoms with Crippen LogP contribution in [-0.2, 0) is 6.42 Å². The van der Waals surface area contributed by atoms with Crippen LogP contribution in [0.4, 0.5) is 4.39 Å². The molecule has 2 heteroatoms. The summed E-state index contributed by atoms with van der Waals surface area (Å²) in [5, 5.41) is 0. The van der Waals surface area contributed by atoms with Crippen molar-refractivity contribution < 1.29 is 9.18 Å². The van der Waals surface area contributed by atoms with Crippen molar-refractivity contribution in [1.82, 2.24) is 0 Å². The minimum atomic E-state index is -0.360. The second-order valence-corrected chi connectivity index (χ2v) is 4.60. The molecule has 0 aliphatic heterocycles. The van der Waals surface area contributed by atoms with Gasteiger partial charge in [0, 0.05) is 11.0 Å². The molecule has 1 nitrogen and oxygen atoms in total. The molecule has 0 fully saturated rings. The van der Waals surface area contributed by atoms with Gasteiger partial charge in [-0.05, 0) is 30.5 Å². The lowest BCUT2D eigenvalue weighted by Gasteiger charge is -2.13. The fourth-order valence-corrected chi connectivity index (χ4v) is 2.10. The first-order valence-corrected chi connectivity index (χ1v) is 4.76. The number of carbonyl (C=O) groups excluding carboxylic acids is 1. The Labute approximate surface area is 82.9 Å². The van der Waals surface area contributed by atoms with Crippen molar-refractivity contribution in [3.8, 4) is 0 Å². The smallest absolute Gasteiger partial charge is 0.169 e. The van der Waals surface area contributed by atoms with E-state index in [2.05, 4.69) is 0 Å². The van der Waals surface area contributed by atoms with Crippen molar-refractivity contribution in [3.63, 3.8) is 0 Å². The highest BCUT2D eigenvalue weighted by atomic mass is 19.1. The zero-order chi connectivity index (χ0) is 10.5. The summed E-state index contributed by atoms with van der Waals surface area (Å²) in [4.78, 5) is 11.9. The number of ketones is 1. The summed E-state index contributed by atoms with van der Waals surface area (Å²) in [7, 11) is 0. The molecule has 2 rings (SSSR count). The van der Waals surface area contributed by atoms with Gasteiger partial charge in [-0.15, -0.1) is 0 Å². The number of hydrogen-bond donors (Lipinski definition) is 0. The van der Waals surface area contributed by atoms with Crippen LogP contribution in [-0.4, -0.2) is 5.78 Å². The zero-order valence-corrected chi connectivity index (χ0v) is 8.65. The predicted octanol–water partition coefficient (Wildman–Crippen LogP) is 2.90. The second kappa shape index (κ2) is 2.66. The molecular weight excluding hydrogens is 179 g/mol. The van der Waals surface area contributed by atoms with E-state index < -0.39 is 0 Å². The average molecular weight is 192 g/mol. The summed E-state index contributed by atoms with van der Waals surface area (Å²) in [5.74, 6) is -0.209. The van der Waals surface area contributed by atoms with E-state index in [-0.39, 0.29) is 17.0 Å². The van der Waals surface area contributed by atoms with E-state index in [1.165, 1.54) is 6.07 Å². The maximum absolute atomic E-state index is 13.2. The van der Waals surface area contributed by atoms with E-state index in [1.807, 2.05) is 13.8 Å². The summed E-state index contributed by atoms with van der Waals surface area (Å²) >= 11 is 0. The number of Topliss-reactive ketones (excluding diaryl/α,β-unsaturated/α-hetero) is 1. The van der Waals surface area contributed by atoms with E-state index in [0.717, 1.165) is 12.0 Å². The third kappa shape index (κ3) is 1.10. The van der Waals surface area contributed by atoms with Crippen LogP contribution in [0.3, 0.4) is 0 Å². The Kier molecular flexibility index (Phi) is 1.78. The van der Waals surface area contributed by atoms with Crippen LogP contribution in [0.1, 0.15) is 35.3 Å². The Balaban J connectivity index is 2.67. The van der Waals surface area contributed by atoms with Crippen molar-refractivity contribution in [2.24, 2.45) is 5.41 Å². The average Bonchev–Trinajstić information content (AvgIpc) is 2.32. The number of fused-ring (bicyclic) bond motifs is 1. The normalized spacial score (nSPS) is 18.4. The summed E-state index contributed by atoms with van der Waals surface area (Å²) in [6.45, 7) is 5.49. The SMILES string of the molecule is Cc1c(F)ccc2c1C(=O)C(C)(C)C2. The van der Waals surface area contributed by atoms with Crippen LogP contribution in [0, 0.1) is 18.2 Å². The molecule has 0 N–H and O–H groups in total. The number of hydrogen-bond acceptors (Lipinski definition) is 1. The third-order valence-electron chi connectivity index (χ3n) is 2.96. The molecule has 14 heavy (non-hydrogen) atoms. The summed E-state index contributed by atoms with van der Waals surface area (Å²) in [6, 6.07) is 3.17. The molecule has 0 unspecified atom stereocenters. The van der Waals surface area contributed by atoms with Crippen molar-refractivity contribution in [2.75, 3.05) is 0 Å². The largest absolute Gasteiger partial charge is 0.294 e. The maximum atomic E-state index is 13.2. The highest BCUT2D eigenvalue weighted by Crippen LogP contribution is 2.38. The van der Waals surface area contributed by atoms with E-state index in [1.54, 1.807) is 13.0 Å². The van der Waals surface area contributed by atoms with Crippen LogP contribution in [0.15, 0.2) is 12.1 Å². The molecule has 0 saturated heterocycles. The monoisotopic (exact) mass is 192 g/mol. The third-order valence-corrected chi connectivity index (χ3v) is 2.96. The van der Waals surface area contributed by atoms with Gasteiger partial charge in [-0.2, -0.15) is 0 Å². The lowest BCUT2D eigenvalue weighted by molar-refractivity contribution is 0.0862. The first-order chi connectivity index (χ1) is 6.43. The molecule has 74 valence electrons. The molecule has 0 spiro atoms. The van der Waals surface area contributed by atoms with Gasteiger partial charge in [0.15, 0.2) is 5.78 Å². The van der Waals surface area contributed by atoms with E-state index in [9.17, 15) is 9.18 Å². The van der Waals surface area contributed by atoms with Crippen LogP contribution in [0.5, 0.6) is 0 Å². The number of benzene rings is 1. The van der Waals surface area contributed by atoms with Crippen molar-refractivity contribution in [2.45, 2.75) is 27.2 Å². The molecule has 1 aliphatic rings.